The minimum absolute atomic E-state index is 0.0506. The smallest absolute Gasteiger partial charge is 0.352 e. The summed E-state index contributed by atoms with van der Waals surface area (Å²) in [7, 11) is 1.61. The number of hydrogen-bond acceptors (Lipinski definition) is 4. The van der Waals surface area contributed by atoms with E-state index in [0.29, 0.717) is 35.7 Å². The van der Waals surface area contributed by atoms with Crippen LogP contribution in [0, 0.1) is 19.8 Å². The van der Waals surface area contributed by atoms with Gasteiger partial charge >= 0.3 is 5.97 Å². The quantitative estimate of drug-likeness (QED) is 0.761. The number of amides is 1. The van der Waals surface area contributed by atoms with Gasteiger partial charge in [0.15, 0.2) is 11.5 Å². The molecule has 0 fully saturated rings. The zero-order chi connectivity index (χ0) is 18.8. The summed E-state index contributed by atoms with van der Waals surface area (Å²) in [6.07, 6.45) is 0.776. The largest absolute Gasteiger partial charge is 0.493 e. The van der Waals surface area contributed by atoms with Crippen molar-refractivity contribution in [2.24, 2.45) is 5.92 Å². The van der Waals surface area contributed by atoms with Crippen LogP contribution in [0.1, 0.15) is 37.7 Å². The van der Waals surface area contributed by atoms with Gasteiger partial charge in [-0.05, 0) is 37.5 Å². The van der Waals surface area contributed by atoms with E-state index < -0.39 is 5.97 Å². The molecule has 0 unspecified atom stereocenters. The van der Waals surface area contributed by atoms with Crippen molar-refractivity contribution in [1.82, 2.24) is 10.3 Å². The summed E-state index contributed by atoms with van der Waals surface area (Å²) in [5, 5.41) is 12.1. The highest BCUT2D eigenvalue weighted by molar-refractivity contribution is 6.00. The summed E-state index contributed by atoms with van der Waals surface area (Å²) in [6.45, 7) is 4.26. The molecule has 7 heteroatoms. The fourth-order valence-electron chi connectivity index (χ4n) is 3.38. The molecule has 7 nitrogen and oxygen atoms in total. The second-order valence-corrected chi connectivity index (χ2v) is 6.47. The number of hydrogen-bond donors (Lipinski definition) is 3. The van der Waals surface area contributed by atoms with Gasteiger partial charge in [-0.25, -0.2) is 4.79 Å². The van der Waals surface area contributed by atoms with Crippen LogP contribution in [0.4, 0.5) is 0 Å². The first-order valence-corrected chi connectivity index (χ1v) is 8.41. The van der Waals surface area contributed by atoms with Gasteiger partial charge in [-0.1, -0.05) is 12.1 Å². The van der Waals surface area contributed by atoms with Gasteiger partial charge in [-0.2, -0.15) is 0 Å². The molecule has 0 bridgehead atoms. The van der Waals surface area contributed by atoms with Crippen molar-refractivity contribution in [3.63, 3.8) is 0 Å². The van der Waals surface area contributed by atoms with Crippen molar-refractivity contribution in [3.8, 4) is 11.5 Å². The van der Waals surface area contributed by atoms with Crippen LogP contribution in [0.25, 0.3) is 0 Å². The molecule has 138 valence electrons. The third-order valence-corrected chi connectivity index (χ3v) is 4.68. The number of rotatable bonds is 5. The zero-order valence-corrected chi connectivity index (χ0v) is 15.0. The zero-order valence-electron chi connectivity index (χ0n) is 15.0. The average molecular weight is 358 g/mol. The number of aryl methyl sites for hydroxylation is 1. The summed E-state index contributed by atoms with van der Waals surface area (Å²) in [4.78, 5) is 26.5. The van der Waals surface area contributed by atoms with Gasteiger partial charge in [0.2, 0.25) is 0 Å². The number of ether oxygens (including phenoxy) is 2. The summed E-state index contributed by atoms with van der Waals surface area (Å²) in [5.41, 5.74) is 2.49. The molecular formula is C19H22N2O5. The molecule has 0 radical (unpaired) electrons. The van der Waals surface area contributed by atoms with E-state index in [2.05, 4.69) is 10.3 Å². The number of H-pyrrole nitrogens is 1. The lowest BCUT2D eigenvalue weighted by Gasteiger charge is -2.26. The van der Waals surface area contributed by atoms with Gasteiger partial charge in [0.1, 0.15) is 5.69 Å². The lowest BCUT2D eigenvalue weighted by Crippen LogP contribution is -2.35. The SMILES string of the molecule is COc1cccc2c1OC[C@@H](CNC(=O)c1c(C)[nH]c(C(=O)O)c1C)C2. The first-order chi connectivity index (χ1) is 12.4. The Morgan fingerprint density at radius 3 is 2.81 bits per heavy atom. The molecule has 2 heterocycles. The number of para-hydroxylation sites is 1. The first kappa shape index (κ1) is 17.8. The Labute approximate surface area is 151 Å². The number of carbonyl (C=O) groups excluding carboxylic acids is 1. The molecule has 1 atom stereocenters. The van der Waals surface area contributed by atoms with E-state index in [1.165, 1.54) is 0 Å². The Kier molecular flexibility index (Phi) is 4.88. The van der Waals surface area contributed by atoms with E-state index in [1.807, 2.05) is 18.2 Å². The lowest BCUT2D eigenvalue weighted by atomic mass is 9.96. The predicted octanol–water partition coefficient (Wildman–Crippen LogP) is 2.32. The van der Waals surface area contributed by atoms with Crippen molar-refractivity contribution in [1.29, 1.82) is 0 Å². The van der Waals surface area contributed by atoms with Crippen molar-refractivity contribution >= 4 is 11.9 Å². The van der Waals surface area contributed by atoms with E-state index in [9.17, 15) is 9.59 Å². The molecule has 0 spiro atoms. The predicted molar refractivity (Wildman–Crippen MR) is 95.2 cm³/mol. The lowest BCUT2D eigenvalue weighted by molar-refractivity contribution is 0.0690. The number of carboxylic acid groups (broad SMARTS) is 1. The third kappa shape index (κ3) is 3.24. The van der Waals surface area contributed by atoms with Gasteiger partial charge in [0.05, 0.1) is 19.3 Å². The van der Waals surface area contributed by atoms with Gasteiger partial charge in [0.25, 0.3) is 5.91 Å². The van der Waals surface area contributed by atoms with Crippen LogP contribution < -0.4 is 14.8 Å². The maximum atomic E-state index is 12.5. The number of aromatic nitrogens is 1. The number of aromatic carboxylic acids is 1. The van der Waals surface area contributed by atoms with Crippen LogP contribution >= 0.6 is 0 Å². The number of carboxylic acids is 1. The van der Waals surface area contributed by atoms with Crippen LogP contribution in [0.3, 0.4) is 0 Å². The average Bonchev–Trinajstić information content (AvgIpc) is 2.93. The summed E-state index contributed by atoms with van der Waals surface area (Å²) in [6, 6.07) is 5.77. The molecule has 3 rings (SSSR count). The van der Waals surface area contributed by atoms with E-state index in [-0.39, 0.29) is 17.5 Å². The van der Waals surface area contributed by atoms with Crippen molar-refractivity contribution in [3.05, 3.63) is 46.3 Å². The number of nitrogens with one attached hydrogen (secondary N) is 2. The number of methoxy groups -OCH3 is 1. The van der Waals surface area contributed by atoms with Gasteiger partial charge in [-0.3, -0.25) is 4.79 Å². The summed E-state index contributed by atoms with van der Waals surface area (Å²) < 4.78 is 11.1. The molecule has 1 aromatic carbocycles. The van der Waals surface area contributed by atoms with Crippen molar-refractivity contribution in [2.75, 3.05) is 20.3 Å². The van der Waals surface area contributed by atoms with Crippen LogP contribution in [0.15, 0.2) is 18.2 Å². The molecule has 3 N–H and O–H groups in total. The van der Waals surface area contributed by atoms with Crippen molar-refractivity contribution in [2.45, 2.75) is 20.3 Å². The Bertz CT molecular complexity index is 856. The molecule has 1 aliphatic rings. The normalized spacial score (nSPS) is 15.7. The fraction of sp³-hybridized carbons (Fsp3) is 0.368. The Morgan fingerprint density at radius 2 is 2.15 bits per heavy atom. The molecule has 0 saturated heterocycles. The van der Waals surface area contributed by atoms with Crippen molar-refractivity contribution < 1.29 is 24.2 Å². The van der Waals surface area contributed by atoms with Gasteiger partial charge in [0, 0.05) is 18.2 Å². The molecule has 0 saturated carbocycles. The molecule has 1 aromatic heterocycles. The minimum Gasteiger partial charge on any atom is -0.493 e. The van der Waals surface area contributed by atoms with Crippen LogP contribution in [0.2, 0.25) is 0 Å². The maximum Gasteiger partial charge on any atom is 0.352 e. The standard InChI is InChI=1S/C19H22N2O5/c1-10-15(11(2)21-16(10)19(23)24)18(22)20-8-12-7-13-5-4-6-14(25-3)17(13)26-9-12/h4-6,12,21H,7-9H2,1-3H3,(H,20,22)(H,23,24)/t12-/m1/s1. The van der Waals surface area contributed by atoms with E-state index in [4.69, 9.17) is 14.6 Å². The third-order valence-electron chi connectivity index (χ3n) is 4.68. The van der Waals surface area contributed by atoms with E-state index in [0.717, 1.165) is 17.7 Å². The van der Waals surface area contributed by atoms with E-state index >= 15 is 0 Å². The second-order valence-electron chi connectivity index (χ2n) is 6.47. The number of carbonyl (C=O) groups is 2. The van der Waals surface area contributed by atoms with Crippen LogP contribution in [-0.2, 0) is 6.42 Å². The highest BCUT2D eigenvalue weighted by atomic mass is 16.5. The fourth-order valence-corrected chi connectivity index (χ4v) is 3.38. The molecular weight excluding hydrogens is 336 g/mol. The molecule has 1 amide bonds. The van der Waals surface area contributed by atoms with Gasteiger partial charge in [-0.15, -0.1) is 0 Å². The van der Waals surface area contributed by atoms with Crippen LogP contribution in [-0.4, -0.2) is 42.2 Å². The number of fused-ring (bicyclic) bond motifs is 1. The Morgan fingerprint density at radius 1 is 1.38 bits per heavy atom. The molecule has 0 aliphatic carbocycles. The van der Waals surface area contributed by atoms with Gasteiger partial charge < -0.3 is 24.9 Å². The molecule has 1 aliphatic heterocycles. The number of aromatic amines is 1. The van der Waals surface area contributed by atoms with Crippen LogP contribution in [0.5, 0.6) is 11.5 Å². The topological polar surface area (TPSA) is 101 Å². The Balaban J connectivity index is 1.67. The first-order valence-electron chi connectivity index (χ1n) is 8.41. The van der Waals surface area contributed by atoms with E-state index in [1.54, 1.807) is 21.0 Å². The number of benzene rings is 1. The highest BCUT2D eigenvalue weighted by Gasteiger charge is 2.25. The molecule has 2 aromatic rings. The molecule has 26 heavy (non-hydrogen) atoms. The summed E-state index contributed by atoms with van der Waals surface area (Å²) >= 11 is 0. The maximum absolute atomic E-state index is 12.5. The summed E-state index contributed by atoms with van der Waals surface area (Å²) in [5.74, 6) is 0.263. The second kappa shape index (κ2) is 7.11. The Hall–Kier alpha value is -2.96. The monoisotopic (exact) mass is 358 g/mol. The minimum atomic E-state index is -1.07. The highest BCUT2D eigenvalue weighted by Crippen LogP contribution is 2.35.